The fourth-order valence-corrected chi connectivity index (χ4v) is 1.71. The second-order valence-electron chi connectivity index (χ2n) is 3.84. The van der Waals surface area contributed by atoms with E-state index in [1.54, 1.807) is 24.3 Å². The molecule has 0 radical (unpaired) electrons. The molecule has 0 atom stereocenters. The summed E-state index contributed by atoms with van der Waals surface area (Å²) >= 11 is 0. The lowest BCUT2D eigenvalue weighted by Gasteiger charge is -1.93. The van der Waals surface area contributed by atoms with E-state index in [9.17, 15) is 4.79 Å². The molecule has 1 aliphatic heterocycles. The maximum atomic E-state index is 11.8. The summed E-state index contributed by atoms with van der Waals surface area (Å²) in [5.41, 5.74) is 1.65. The van der Waals surface area contributed by atoms with Crippen molar-refractivity contribution < 1.29 is 9.53 Å². The Morgan fingerprint density at radius 1 is 1.00 bits per heavy atom. The molecule has 2 heteroatoms. The summed E-state index contributed by atoms with van der Waals surface area (Å²) in [6.45, 7) is 0. The highest BCUT2D eigenvalue weighted by Crippen LogP contribution is 2.48. The van der Waals surface area contributed by atoms with E-state index >= 15 is 0 Å². The molecule has 0 saturated carbocycles. The average Bonchev–Trinajstić information content (AvgIpc) is 3.16. The number of rotatable bonds is 3. The molecule has 0 saturated heterocycles. The minimum Gasteiger partial charge on any atom is -0.449 e. The summed E-state index contributed by atoms with van der Waals surface area (Å²) in [7, 11) is 0. The van der Waals surface area contributed by atoms with Gasteiger partial charge in [0.15, 0.2) is 17.3 Å². The van der Waals surface area contributed by atoms with Crippen LogP contribution in [-0.4, -0.2) is 5.78 Å². The zero-order valence-corrected chi connectivity index (χ0v) is 9.09. The highest BCUT2D eigenvalue weighted by atomic mass is 16.6. The number of carbonyl (C=O) groups excluding carboxylic acids is 1. The summed E-state index contributed by atoms with van der Waals surface area (Å²) < 4.78 is 5.24. The zero-order valence-electron chi connectivity index (χ0n) is 9.09. The van der Waals surface area contributed by atoms with Crippen molar-refractivity contribution in [1.82, 2.24) is 0 Å². The van der Waals surface area contributed by atoms with Gasteiger partial charge in [0, 0.05) is 11.1 Å². The van der Waals surface area contributed by atoms with E-state index in [1.807, 2.05) is 36.4 Å². The molecule has 2 nitrogen and oxygen atoms in total. The largest absolute Gasteiger partial charge is 0.449 e. The topological polar surface area (TPSA) is 29.6 Å². The smallest absolute Gasteiger partial charge is 0.185 e. The Kier molecular flexibility index (Phi) is 2.26. The Balaban J connectivity index is 1.81. The van der Waals surface area contributed by atoms with E-state index in [0.717, 1.165) is 17.1 Å². The first kappa shape index (κ1) is 9.85. The SMILES string of the molecule is O=C(/C=C\c1cccc2c1O2)c1ccccc1. The third-order valence-corrected chi connectivity index (χ3v) is 2.65. The van der Waals surface area contributed by atoms with Gasteiger partial charge in [-0.15, -0.1) is 0 Å². The van der Waals surface area contributed by atoms with Crippen molar-refractivity contribution in [1.29, 1.82) is 0 Å². The molecule has 2 aromatic rings. The van der Waals surface area contributed by atoms with E-state index in [2.05, 4.69) is 0 Å². The normalized spacial score (nSPS) is 12.0. The first-order valence-corrected chi connectivity index (χ1v) is 5.43. The van der Waals surface area contributed by atoms with Crippen molar-refractivity contribution in [3.8, 4) is 11.5 Å². The van der Waals surface area contributed by atoms with Gasteiger partial charge in [-0.25, -0.2) is 0 Å². The van der Waals surface area contributed by atoms with Gasteiger partial charge in [0.1, 0.15) is 0 Å². The first-order chi connectivity index (χ1) is 8.34. The van der Waals surface area contributed by atoms with E-state index in [0.29, 0.717) is 5.56 Å². The van der Waals surface area contributed by atoms with Crippen LogP contribution < -0.4 is 4.74 Å². The van der Waals surface area contributed by atoms with Gasteiger partial charge < -0.3 is 4.74 Å². The number of para-hydroxylation sites is 1. The van der Waals surface area contributed by atoms with Gasteiger partial charge in [0.05, 0.1) is 0 Å². The zero-order chi connectivity index (χ0) is 11.7. The van der Waals surface area contributed by atoms with E-state index < -0.39 is 0 Å². The number of benzene rings is 2. The summed E-state index contributed by atoms with van der Waals surface area (Å²) in [6.07, 6.45) is 3.37. The average molecular weight is 222 g/mol. The highest BCUT2D eigenvalue weighted by molar-refractivity contribution is 6.07. The molecule has 0 N–H and O–H groups in total. The number of ketones is 1. The van der Waals surface area contributed by atoms with Crippen molar-refractivity contribution in [3.05, 3.63) is 65.7 Å². The molecule has 0 fully saturated rings. The third kappa shape index (κ3) is 1.97. The minimum atomic E-state index is 0.00357. The maximum Gasteiger partial charge on any atom is 0.185 e. The van der Waals surface area contributed by atoms with Crippen LogP contribution in [0.5, 0.6) is 11.5 Å². The van der Waals surface area contributed by atoms with Crippen LogP contribution in [0.1, 0.15) is 15.9 Å². The lowest BCUT2D eigenvalue weighted by atomic mass is 10.1. The van der Waals surface area contributed by atoms with Gasteiger partial charge in [-0.2, -0.15) is 0 Å². The molecule has 1 aliphatic rings. The number of carbonyl (C=O) groups is 1. The standard InChI is InChI=1S/C15H10O2/c16-13(11-5-2-1-3-6-11)10-9-12-7-4-8-14-15(12)17-14/h1-10H/b10-9-. The van der Waals surface area contributed by atoms with Crippen molar-refractivity contribution in [3.63, 3.8) is 0 Å². The molecule has 0 spiro atoms. The van der Waals surface area contributed by atoms with Crippen LogP contribution in [0.25, 0.3) is 6.08 Å². The second kappa shape index (κ2) is 3.91. The molecule has 3 rings (SSSR count). The van der Waals surface area contributed by atoms with Gasteiger partial charge in [0.25, 0.3) is 0 Å². The fourth-order valence-electron chi connectivity index (χ4n) is 1.71. The summed E-state index contributed by atoms with van der Waals surface area (Å²) in [5.74, 6) is 1.78. The molecule has 17 heavy (non-hydrogen) atoms. The predicted molar refractivity (Wildman–Crippen MR) is 66.3 cm³/mol. The van der Waals surface area contributed by atoms with Crippen LogP contribution in [0.15, 0.2) is 54.6 Å². The summed E-state index contributed by atoms with van der Waals surface area (Å²) in [5, 5.41) is 0. The van der Waals surface area contributed by atoms with Crippen LogP contribution in [0.4, 0.5) is 0 Å². The van der Waals surface area contributed by atoms with Crippen LogP contribution in [0.3, 0.4) is 0 Å². The minimum absolute atomic E-state index is 0.00357. The monoisotopic (exact) mass is 222 g/mol. The molecule has 1 heterocycles. The van der Waals surface area contributed by atoms with Crippen molar-refractivity contribution in [2.24, 2.45) is 0 Å². The third-order valence-electron chi connectivity index (χ3n) is 2.65. The van der Waals surface area contributed by atoms with Gasteiger partial charge >= 0.3 is 0 Å². The molecule has 82 valence electrons. The number of ether oxygens (including phenoxy) is 1. The second-order valence-corrected chi connectivity index (χ2v) is 3.84. The molecule has 2 aromatic carbocycles. The Morgan fingerprint density at radius 2 is 1.82 bits per heavy atom. The molecule has 0 amide bonds. The number of fused-ring (bicyclic) bond motifs is 1. The van der Waals surface area contributed by atoms with Gasteiger partial charge in [-0.3, -0.25) is 4.79 Å². The lowest BCUT2D eigenvalue weighted by Crippen LogP contribution is -1.92. The van der Waals surface area contributed by atoms with Crippen LogP contribution >= 0.6 is 0 Å². The van der Waals surface area contributed by atoms with Gasteiger partial charge in [-0.1, -0.05) is 42.5 Å². The number of hydrogen-bond donors (Lipinski definition) is 0. The Labute approximate surface area is 99.2 Å². The Morgan fingerprint density at radius 3 is 2.65 bits per heavy atom. The molecule has 0 unspecified atom stereocenters. The van der Waals surface area contributed by atoms with Crippen molar-refractivity contribution >= 4 is 11.9 Å². The van der Waals surface area contributed by atoms with Crippen LogP contribution in [0.2, 0.25) is 0 Å². The molecular formula is C15H10O2. The summed E-state index contributed by atoms with van der Waals surface area (Å²) in [6, 6.07) is 15.0. The molecule has 0 aromatic heterocycles. The summed E-state index contributed by atoms with van der Waals surface area (Å²) in [4.78, 5) is 11.8. The number of hydrogen-bond acceptors (Lipinski definition) is 2. The molecule has 0 aliphatic carbocycles. The van der Waals surface area contributed by atoms with E-state index in [-0.39, 0.29) is 5.78 Å². The quantitative estimate of drug-likeness (QED) is 0.384. The maximum absolute atomic E-state index is 11.8. The lowest BCUT2D eigenvalue weighted by molar-refractivity contribution is 0.104. The fraction of sp³-hybridized carbons (Fsp3) is 0. The van der Waals surface area contributed by atoms with Crippen LogP contribution in [-0.2, 0) is 0 Å². The van der Waals surface area contributed by atoms with E-state index in [4.69, 9.17) is 4.74 Å². The Bertz CT molecular complexity index is 598. The van der Waals surface area contributed by atoms with Gasteiger partial charge in [-0.05, 0) is 18.2 Å². The number of allylic oxidation sites excluding steroid dienone is 1. The van der Waals surface area contributed by atoms with Crippen LogP contribution in [0, 0.1) is 0 Å². The predicted octanol–water partition coefficient (Wildman–Crippen LogP) is 3.69. The molecule has 0 bridgehead atoms. The van der Waals surface area contributed by atoms with E-state index in [1.165, 1.54) is 0 Å². The van der Waals surface area contributed by atoms with Gasteiger partial charge in [0.2, 0.25) is 0 Å². The van der Waals surface area contributed by atoms with Crippen molar-refractivity contribution in [2.45, 2.75) is 0 Å². The first-order valence-electron chi connectivity index (χ1n) is 5.43. The highest BCUT2D eigenvalue weighted by Gasteiger charge is 2.21. The van der Waals surface area contributed by atoms with Crippen molar-refractivity contribution in [2.75, 3.05) is 0 Å². The molecular weight excluding hydrogens is 212 g/mol. The Hall–Kier alpha value is -2.35.